The number of unbranched alkanes of at least 4 members (excludes halogenated alkanes) is 1. The van der Waals surface area contributed by atoms with E-state index in [0.717, 1.165) is 53.6 Å². The van der Waals surface area contributed by atoms with Crippen molar-refractivity contribution >= 4 is 11.6 Å². The monoisotopic (exact) mass is 519 g/mol. The van der Waals surface area contributed by atoms with E-state index in [-0.39, 0.29) is 5.69 Å². The Balaban J connectivity index is 1.39. The van der Waals surface area contributed by atoms with Crippen molar-refractivity contribution in [2.24, 2.45) is 5.92 Å². The standard InChI is InChI=1S/C28H34ClN7O/c1-2-3-9-25-26(29)35(17-15-20-7-5-4-6-8-20)28(37)36(25)19-21-10-12-22(13-11-21)24-18-30-16-14-23(24)27-31-33-34-32-27/h10-14,16,18,20H,2-9,15,17,19H2,1H3,(H,31,32,33,34). The molecule has 0 amide bonds. The highest BCUT2D eigenvalue weighted by Gasteiger charge is 2.20. The van der Waals surface area contributed by atoms with E-state index < -0.39 is 0 Å². The number of hydrogen-bond donors (Lipinski definition) is 1. The molecule has 1 aromatic carbocycles. The van der Waals surface area contributed by atoms with E-state index in [2.05, 4.69) is 56.8 Å². The number of hydrogen-bond acceptors (Lipinski definition) is 5. The quantitative estimate of drug-likeness (QED) is 0.281. The summed E-state index contributed by atoms with van der Waals surface area (Å²) in [5.41, 5.74) is 4.83. The minimum Gasteiger partial charge on any atom is -0.290 e. The molecule has 37 heavy (non-hydrogen) atoms. The van der Waals surface area contributed by atoms with Gasteiger partial charge in [-0.2, -0.15) is 0 Å². The van der Waals surface area contributed by atoms with Gasteiger partial charge in [-0.25, -0.2) is 9.89 Å². The van der Waals surface area contributed by atoms with E-state index in [1.54, 1.807) is 6.20 Å². The molecule has 0 aliphatic heterocycles. The van der Waals surface area contributed by atoms with Gasteiger partial charge in [0.2, 0.25) is 0 Å². The van der Waals surface area contributed by atoms with Crippen molar-refractivity contribution in [1.29, 1.82) is 0 Å². The third-order valence-electron chi connectivity index (χ3n) is 7.54. The lowest BCUT2D eigenvalue weighted by molar-refractivity contribution is 0.322. The van der Waals surface area contributed by atoms with Crippen molar-refractivity contribution in [3.8, 4) is 22.5 Å². The molecule has 3 heterocycles. The van der Waals surface area contributed by atoms with Crippen LogP contribution < -0.4 is 5.69 Å². The Labute approximate surface area is 222 Å². The first-order valence-electron chi connectivity index (χ1n) is 13.4. The third kappa shape index (κ3) is 5.69. The largest absolute Gasteiger partial charge is 0.329 e. The summed E-state index contributed by atoms with van der Waals surface area (Å²) in [6, 6.07) is 10.1. The van der Waals surface area contributed by atoms with Gasteiger partial charge in [0.1, 0.15) is 5.15 Å². The van der Waals surface area contributed by atoms with Crippen molar-refractivity contribution in [2.75, 3.05) is 0 Å². The number of nitrogens with one attached hydrogen (secondary N) is 1. The summed E-state index contributed by atoms with van der Waals surface area (Å²) in [5, 5.41) is 14.9. The molecule has 1 saturated carbocycles. The van der Waals surface area contributed by atoms with E-state index in [1.807, 2.05) is 21.4 Å². The molecule has 1 fully saturated rings. The van der Waals surface area contributed by atoms with E-state index in [1.165, 1.54) is 32.1 Å². The van der Waals surface area contributed by atoms with Gasteiger partial charge in [0.25, 0.3) is 0 Å². The lowest BCUT2D eigenvalue weighted by Gasteiger charge is -2.21. The Hall–Kier alpha value is -3.26. The number of rotatable bonds is 10. The zero-order chi connectivity index (χ0) is 25.6. The van der Waals surface area contributed by atoms with Gasteiger partial charge >= 0.3 is 5.69 Å². The maximum atomic E-state index is 13.5. The van der Waals surface area contributed by atoms with Gasteiger partial charge in [-0.1, -0.05) is 81.3 Å². The number of tetrazole rings is 1. The number of aromatic amines is 1. The van der Waals surface area contributed by atoms with E-state index in [4.69, 9.17) is 11.6 Å². The van der Waals surface area contributed by atoms with Gasteiger partial charge in [-0.05, 0) is 52.8 Å². The first kappa shape index (κ1) is 25.4. The van der Waals surface area contributed by atoms with Crippen LogP contribution in [0.2, 0.25) is 5.15 Å². The molecule has 8 nitrogen and oxygen atoms in total. The molecule has 3 aromatic heterocycles. The molecule has 0 unspecified atom stereocenters. The fourth-order valence-electron chi connectivity index (χ4n) is 5.42. The van der Waals surface area contributed by atoms with Crippen molar-refractivity contribution in [2.45, 2.75) is 77.8 Å². The molecule has 1 aliphatic rings. The highest BCUT2D eigenvalue weighted by Crippen LogP contribution is 2.30. The summed E-state index contributed by atoms with van der Waals surface area (Å²) < 4.78 is 3.69. The highest BCUT2D eigenvalue weighted by atomic mass is 35.5. The summed E-state index contributed by atoms with van der Waals surface area (Å²) in [6.07, 6.45) is 13.9. The fourth-order valence-corrected chi connectivity index (χ4v) is 5.77. The van der Waals surface area contributed by atoms with Crippen LogP contribution in [0.3, 0.4) is 0 Å². The number of benzene rings is 1. The lowest BCUT2D eigenvalue weighted by atomic mass is 9.87. The Morgan fingerprint density at radius 2 is 1.86 bits per heavy atom. The van der Waals surface area contributed by atoms with E-state index >= 15 is 0 Å². The van der Waals surface area contributed by atoms with Gasteiger partial charge in [0.15, 0.2) is 5.82 Å². The topological polar surface area (TPSA) is 94.3 Å². The van der Waals surface area contributed by atoms with Crippen LogP contribution in [0.15, 0.2) is 47.5 Å². The van der Waals surface area contributed by atoms with Gasteiger partial charge in [-0.3, -0.25) is 14.1 Å². The summed E-state index contributed by atoms with van der Waals surface area (Å²) >= 11 is 6.84. The molecule has 0 bridgehead atoms. The van der Waals surface area contributed by atoms with Crippen LogP contribution in [0.4, 0.5) is 0 Å². The van der Waals surface area contributed by atoms with Crippen molar-refractivity contribution in [3.05, 3.63) is 69.6 Å². The maximum Gasteiger partial charge on any atom is 0.329 e. The van der Waals surface area contributed by atoms with Crippen LogP contribution in [0.5, 0.6) is 0 Å². The Morgan fingerprint density at radius 3 is 2.59 bits per heavy atom. The highest BCUT2D eigenvalue weighted by molar-refractivity contribution is 6.30. The van der Waals surface area contributed by atoms with Crippen LogP contribution >= 0.6 is 11.6 Å². The lowest BCUT2D eigenvalue weighted by Crippen LogP contribution is -2.26. The predicted octanol–water partition coefficient (Wildman–Crippen LogP) is 5.91. The summed E-state index contributed by atoms with van der Waals surface area (Å²) in [4.78, 5) is 17.8. The molecule has 5 rings (SSSR count). The summed E-state index contributed by atoms with van der Waals surface area (Å²) in [7, 11) is 0. The fraction of sp³-hybridized carbons (Fsp3) is 0.464. The number of nitrogens with zero attached hydrogens (tertiary/aromatic N) is 6. The average molecular weight is 520 g/mol. The zero-order valence-corrected chi connectivity index (χ0v) is 22.1. The number of aromatic nitrogens is 7. The summed E-state index contributed by atoms with van der Waals surface area (Å²) in [5.74, 6) is 1.30. The molecular weight excluding hydrogens is 486 g/mol. The second kappa shape index (κ2) is 11.9. The van der Waals surface area contributed by atoms with E-state index in [0.29, 0.717) is 30.0 Å². The third-order valence-corrected chi connectivity index (χ3v) is 7.96. The van der Waals surface area contributed by atoms with Gasteiger partial charge in [-0.15, -0.1) is 5.10 Å². The number of pyridine rings is 1. The van der Waals surface area contributed by atoms with Gasteiger partial charge in [0.05, 0.1) is 12.2 Å². The molecule has 0 atom stereocenters. The molecule has 1 aliphatic carbocycles. The van der Waals surface area contributed by atoms with Crippen molar-refractivity contribution < 1.29 is 0 Å². The minimum absolute atomic E-state index is 0.00311. The van der Waals surface area contributed by atoms with Crippen LogP contribution in [-0.2, 0) is 19.5 Å². The molecule has 194 valence electrons. The van der Waals surface area contributed by atoms with Crippen LogP contribution in [0.1, 0.15) is 69.5 Å². The van der Waals surface area contributed by atoms with Crippen LogP contribution in [-0.4, -0.2) is 34.7 Å². The average Bonchev–Trinajstić information content (AvgIpc) is 3.55. The van der Waals surface area contributed by atoms with E-state index in [9.17, 15) is 4.79 Å². The molecule has 4 aromatic rings. The second-order valence-corrected chi connectivity index (χ2v) is 10.4. The molecule has 1 N–H and O–H groups in total. The first-order valence-corrected chi connectivity index (χ1v) is 13.8. The number of H-pyrrole nitrogens is 1. The molecule has 0 saturated heterocycles. The van der Waals surface area contributed by atoms with Gasteiger partial charge < -0.3 is 0 Å². The summed E-state index contributed by atoms with van der Waals surface area (Å²) in [6.45, 7) is 3.37. The Morgan fingerprint density at radius 1 is 1.05 bits per heavy atom. The molecular formula is C28H34ClN7O. The first-order chi connectivity index (χ1) is 18.2. The predicted molar refractivity (Wildman–Crippen MR) is 145 cm³/mol. The Bertz CT molecular complexity index is 1350. The molecule has 0 spiro atoms. The molecule has 9 heteroatoms. The zero-order valence-electron chi connectivity index (χ0n) is 21.4. The second-order valence-electron chi connectivity index (χ2n) is 10.0. The Kier molecular flexibility index (Phi) is 8.14. The van der Waals surface area contributed by atoms with Crippen molar-refractivity contribution in [1.82, 2.24) is 34.7 Å². The minimum atomic E-state index is 0.00311. The van der Waals surface area contributed by atoms with Crippen LogP contribution in [0.25, 0.3) is 22.5 Å². The maximum absolute atomic E-state index is 13.5. The number of halogens is 1. The molecule has 0 radical (unpaired) electrons. The van der Waals surface area contributed by atoms with Crippen molar-refractivity contribution in [3.63, 3.8) is 0 Å². The number of imidazole rings is 1. The van der Waals surface area contributed by atoms with Gasteiger partial charge in [0, 0.05) is 30.1 Å². The SMILES string of the molecule is CCCCc1c(Cl)n(CCC2CCCCC2)c(=O)n1Cc1ccc(-c2cnccc2-c2nnn[nH]2)cc1. The normalized spacial score (nSPS) is 14.3. The smallest absolute Gasteiger partial charge is 0.290 e. The van der Waals surface area contributed by atoms with Crippen LogP contribution in [0, 0.1) is 5.92 Å².